The molecule has 0 aliphatic rings. The average Bonchev–Trinajstić information content (AvgIpc) is 2.99. The third-order valence-electron chi connectivity index (χ3n) is 3.09. The van der Waals surface area contributed by atoms with Gasteiger partial charge in [-0.1, -0.05) is 42.5 Å². The average molecular weight is 269 g/mol. The summed E-state index contributed by atoms with van der Waals surface area (Å²) >= 11 is 1.68. The van der Waals surface area contributed by atoms with E-state index in [1.807, 2.05) is 35.7 Å². The second-order valence-electron chi connectivity index (χ2n) is 4.33. The van der Waals surface area contributed by atoms with Gasteiger partial charge in [-0.15, -0.1) is 11.3 Å². The van der Waals surface area contributed by atoms with E-state index in [2.05, 4.69) is 24.3 Å². The lowest BCUT2D eigenvalue weighted by Gasteiger charge is -2.17. The maximum Gasteiger partial charge on any atom is 0.145 e. The van der Waals surface area contributed by atoms with E-state index in [-0.39, 0.29) is 6.10 Å². The predicted molar refractivity (Wildman–Crippen MR) is 80.7 cm³/mol. The van der Waals surface area contributed by atoms with Crippen molar-refractivity contribution in [3.05, 3.63) is 64.9 Å². The SMILES string of the molecule is NCC(Oc1cccc2ccccc12)c1cccs1. The Morgan fingerprint density at radius 1 is 1.00 bits per heavy atom. The summed E-state index contributed by atoms with van der Waals surface area (Å²) in [6.07, 6.45) is -0.0780. The highest BCUT2D eigenvalue weighted by Crippen LogP contribution is 2.30. The Balaban J connectivity index is 1.96. The number of nitrogens with two attached hydrogens (primary N) is 1. The number of thiophene rings is 1. The van der Waals surface area contributed by atoms with Crippen molar-refractivity contribution in [2.75, 3.05) is 6.54 Å². The summed E-state index contributed by atoms with van der Waals surface area (Å²) in [5.74, 6) is 0.891. The number of ether oxygens (including phenoxy) is 1. The van der Waals surface area contributed by atoms with Gasteiger partial charge in [-0.05, 0) is 22.9 Å². The van der Waals surface area contributed by atoms with E-state index >= 15 is 0 Å². The fraction of sp³-hybridized carbons (Fsp3) is 0.125. The molecule has 0 radical (unpaired) electrons. The molecule has 2 N–H and O–H groups in total. The summed E-state index contributed by atoms with van der Waals surface area (Å²) in [6.45, 7) is 0.476. The van der Waals surface area contributed by atoms with Crippen LogP contribution >= 0.6 is 11.3 Å². The fourth-order valence-corrected chi connectivity index (χ4v) is 2.92. The second kappa shape index (κ2) is 5.43. The van der Waals surface area contributed by atoms with Crippen LogP contribution in [0.15, 0.2) is 60.0 Å². The van der Waals surface area contributed by atoms with Gasteiger partial charge >= 0.3 is 0 Å². The molecule has 1 atom stereocenters. The van der Waals surface area contributed by atoms with Gasteiger partial charge in [-0.25, -0.2) is 0 Å². The number of fused-ring (bicyclic) bond motifs is 1. The standard InChI is InChI=1S/C16H15NOS/c17-11-15(16-9-4-10-19-16)18-14-8-3-6-12-5-1-2-7-13(12)14/h1-10,15H,11,17H2. The van der Waals surface area contributed by atoms with Crippen molar-refractivity contribution in [3.8, 4) is 5.75 Å². The number of hydrogen-bond donors (Lipinski definition) is 1. The van der Waals surface area contributed by atoms with E-state index < -0.39 is 0 Å². The molecule has 0 fully saturated rings. The third-order valence-corrected chi connectivity index (χ3v) is 4.06. The molecule has 0 aliphatic carbocycles. The maximum atomic E-state index is 6.11. The van der Waals surface area contributed by atoms with Crippen molar-refractivity contribution in [2.45, 2.75) is 6.10 Å². The number of benzene rings is 2. The van der Waals surface area contributed by atoms with Crippen LogP contribution in [0.5, 0.6) is 5.75 Å². The van der Waals surface area contributed by atoms with Gasteiger partial charge in [0, 0.05) is 16.8 Å². The van der Waals surface area contributed by atoms with Crippen LogP contribution in [0.3, 0.4) is 0 Å². The highest BCUT2D eigenvalue weighted by atomic mass is 32.1. The minimum atomic E-state index is -0.0780. The van der Waals surface area contributed by atoms with E-state index in [0.29, 0.717) is 6.54 Å². The smallest absolute Gasteiger partial charge is 0.145 e. The molecule has 1 heterocycles. The van der Waals surface area contributed by atoms with Crippen LogP contribution in [0.1, 0.15) is 11.0 Å². The topological polar surface area (TPSA) is 35.2 Å². The van der Waals surface area contributed by atoms with Gasteiger partial charge in [0.2, 0.25) is 0 Å². The van der Waals surface area contributed by atoms with E-state index in [9.17, 15) is 0 Å². The van der Waals surface area contributed by atoms with Gasteiger partial charge in [0.25, 0.3) is 0 Å². The Bertz CT molecular complexity index is 658. The van der Waals surface area contributed by atoms with Crippen LogP contribution in [-0.2, 0) is 0 Å². The Hall–Kier alpha value is -1.84. The Kier molecular flexibility index (Phi) is 3.49. The molecule has 96 valence electrons. The van der Waals surface area contributed by atoms with E-state index in [4.69, 9.17) is 10.5 Å². The van der Waals surface area contributed by atoms with Crippen LogP contribution in [0.4, 0.5) is 0 Å². The lowest BCUT2D eigenvalue weighted by molar-refractivity contribution is 0.221. The first-order valence-electron chi connectivity index (χ1n) is 6.26. The van der Waals surface area contributed by atoms with Gasteiger partial charge in [0.1, 0.15) is 11.9 Å². The van der Waals surface area contributed by atoms with E-state index in [1.54, 1.807) is 11.3 Å². The van der Waals surface area contributed by atoms with E-state index in [1.165, 1.54) is 5.39 Å². The van der Waals surface area contributed by atoms with Gasteiger partial charge in [-0.3, -0.25) is 0 Å². The highest BCUT2D eigenvalue weighted by Gasteiger charge is 2.13. The second-order valence-corrected chi connectivity index (χ2v) is 5.31. The largest absolute Gasteiger partial charge is 0.483 e. The predicted octanol–water partition coefficient (Wildman–Crippen LogP) is 3.98. The summed E-state index contributed by atoms with van der Waals surface area (Å²) in [6, 6.07) is 18.4. The van der Waals surface area contributed by atoms with Crippen LogP contribution in [0, 0.1) is 0 Å². The number of hydrogen-bond acceptors (Lipinski definition) is 3. The monoisotopic (exact) mass is 269 g/mol. The molecule has 0 aliphatic heterocycles. The molecule has 0 bridgehead atoms. The minimum absolute atomic E-state index is 0.0780. The molecule has 2 aromatic carbocycles. The summed E-state index contributed by atoms with van der Waals surface area (Å²) in [4.78, 5) is 1.16. The van der Waals surface area contributed by atoms with Crippen LogP contribution in [-0.4, -0.2) is 6.54 Å². The normalized spacial score (nSPS) is 12.5. The first-order chi connectivity index (χ1) is 9.38. The molecule has 3 heteroatoms. The van der Waals surface area contributed by atoms with Crippen molar-refractivity contribution in [1.82, 2.24) is 0 Å². The molecule has 0 amide bonds. The summed E-state index contributed by atoms with van der Waals surface area (Å²) in [5.41, 5.74) is 5.84. The van der Waals surface area contributed by atoms with Gasteiger partial charge in [0.05, 0.1) is 0 Å². The molecule has 0 saturated carbocycles. The Morgan fingerprint density at radius 3 is 2.63 bits per heavy atom. The van der Waals surface area contributed by atoms with Crippen LogP contribution in [0.25, 0.3) is 10.8 Å². The van der Waals surface area contributed by atoms with Gasteiger partial charge < -0.3 is 10.5 Å². The molecular weight excluding hydrogens is 254 g/mol. The molecule has 3 rings (SSSR count). The Labute approximate surface area is 116 Å². The molecular formula is C16H15NOS. The molecule has 3 aromatic rings. The zero-order valence-corrected chi connectivity index (χ0v) is 11.3. The zero-order chi connectivity index (χ0) is 13.1. The zero-order valence-electron chi connectivity index (χ0n) is 10.5. The first kappa shape index (κ1) is 12.2. The van der Waals surface area contributed by atoms with Crippen molar-refractivity contribution in [2.24, 2.45) is 5.73 Å². The molecule has 0 saturated heterocycles. The molecule has 19 heavy (non-hydrogen) atoms. The lowest BCUT2D eigenvalue weighted by atomic mass is 10.1. The Morgan fingerprint density at radius 2 is 1.84 bits per heavy atom. The first-order valence-corrected chi connectivity index (χ1v) is 7.14. The molecule has 1 aromatic heterocycles. The highest BCUT2D eigenvalue weighted by molar-refractivity contribution is 7.10. The molecule has 0 spiro atoms. The van der Waals surface area contributed by atoms with Crippen LogP contribution < -0.4 is 10.5 Å². The third kappa shape index (κ3) is 2.48. The van der Waals surface area contributed by atoms with E-state index in [0.717, 1.165) is 16.0 Å². The summed E-state index contributed by atoms with van der Waals surface area (Å²) in [5, 5.41) is 4.35. The van der Waals surface area contributed by atoms with Crippen molar-refractivity contribution in [1.29, 1.82) is 0 Å². The van der Waals surface area contributed by atoms with Crippen molar-refractivity contribution >= 4 is 22.1 Å². The van der Waals surface area contributed by atoms with Crippen molar-refractivity contribution < 1.29 is 4.74 Å². The summed E-state index contributed by atoms with van der Waals surface area (Å²) in [7, 11) is 0. The minimum Gasteiger partial charge on any atom is -0.483 e. The van der Waals surface area contributed by atoms with Crippen molar-refractivity contribution in [3.63, 3.8) is 0 Å². The number of rotatable bonds is 4. The maximum absolute atomic E-state index is 6.11. The summed E-state index contributed by atoms with van der Waals surface area (Å²) < 4.78 is 6.11. The van der Waals surface area contributed by atoms with Gasteiger partial charge in [0.15, 0.2) is 0 Å². The molecule has 1 unspecified atom stereocenters. The lowest BCUT2D eigenvalue weighted by Crippen LogP contribution is -2.17. The van der Waals surface area contributed by atoms with Gasteiger partial charge in [-0.2, -0.15) is 0 Å². The van der Waals surface area contributed by atoms with Crippen LogP contribution in [0.2, 0.25) is 0 Å². The molecule has 2 nitrogen and oxygen atoms in total. The quantitative estimate of drug-likeness (QED) is 0.777. The fourth-order valence-electron chi connectivity index (χ4n) is 2.15.